The average Bonchev–Trinajstić information content (AvgIpc) is 3.34. The summed E-state index contributed by atoms with van der Waals surface area (Å²) in [5.41, 5.74) is 1.26. The number of thiophene rings is 1. The van der Waals surface area contributed by atoms with E-state index in [1.54, 1.807) is 23.5 Å². The number of hydrogen-bond donors (Lipinski definition) is 1. The minimum Gasteiger partial charge on any atom is -0.351 e. The lowest BCUT2D eigenvalue weighted by atomic mass is 10.0. The lowest BCUT2D eigenvalue weighted by Crippen LogP contribution is -2.43. The highest BCUT2D eigenvalue weighted by molar-refractivity contribution is 7.13. The van der Waals surface area contributed by atoms with Crippen LogP contribution in [0.5, 0.6) is 0 Å². The Morgan fingerprint density at radius 3 is 2.64 bits per heavy atom. The summed E-state index contributed by atoms with van der Waals surface area (Å²) in [6.45, 7) is 8.20. The predicted molar refractivity (Wildman–Crippen MR) is 108 cm³/mol. The van der Waals surface area contributed by atoms with Crippen LogP contribution in [-0.4, -0.2) is 26.9 Å². The maximum absolute atomic E-state index is 12.6. The molecular weight excluding hydrogens is 376 g/mol. The number of nitrogens with zero attached hydrogens (tertiary/aromatic N) is 3. The molecule has 3 rings (SSSR count). The number of carbonyl (C=O) groups is 1. The van der Waals surface area contributed by atoms with Gasteiger partial charge in [-0.25, -0.2) is 4.68 Å². The summed E-state index contributed by atoms with van der Waals surface area (Å²) in [6.07, 6.45) is 0. The van der Waals surface area contributed by atoms with E-state index in [1.807, 2.05) is 45.2 Å². The second-order valence-electron chi connectivity index (χ2n) is 7.31. The van der Waals surface area contributed by atoms with E-state index in [9.17, 15) is 9.59 Å². The molecule has 148 valence electrons. The number of amides is 1. The summed E-state index contributed by atoms with van der Waals surface area (Å²) in [4.78, 5) is 25.9. The van der Waals surface area contributed by atoms with Gasteiger partial charge in [-0.15, -0.1) is 11.3 Å². The van der Waals surface area contributed by atoms with E-state index in [1.165, 1.54) is 10.7 Å². The molecule has 0 saturated heterocycles. The van der Waals surface area contributed by atoms with Crippen molar-refractivity contribution in [3.8, 4) is 10.6 Å². The van der Waals surface area contributed by atoms with Crippen LogP contribution in [0.1, 0.15) is 49.9 Å². The lowest BCUT2D eigenvalue weighted by molar-refractivity contribution is 0.0881. The molecule has 0 saturated carbocycles. The Balaban J connectivity index is 1.78. The maximum atomic E-state index is 12.6. The van der Waals surface area contributed by atoms with Crippen LogP contribution >= 0.6 is 11.3 Å². The number of carbonyl (C=O) groups excluding carboxylic acids is 1. The van der Waals surface area contributed by atoms with Gasteiger partial charge in [-0.2, -0.15) is 5.10 Å². The van der Waals surface area contributed by atoms with Crippen LogP contribution in [0.3, 0.4) is 0 Å². The van der Waals surface area contributed by atoms with Gasteiger partial charge in [-0.1, -0.05) is 38.9 Å². The van der Waals surface area contributed by atoms with Crippen LogP contribution in [-0.2, 0) is 6.54 Å². The second-order valence-corrected chi connectivity index (χ2v) is 8.26. The van der Waals surface area contributed by atoms with Crippen LogP contribution in [0.25, 0.3) is 10.6 Å². The Hall–Kier alpha value is -2.74. The fourth-order valence-electron chi connectivity index (χ4n) is 2.65. The van der Waals surface area contributed by atoms with Crippen LogP contribution < -0.4 is 10.9 Å². The zero-order valence-electron chi connectivity index (χ0n) is 16.4. The van der Waals surface area contributed by atoms with E-state index in [2.05, 4.69) is 15.6 Å². The molecule has 0 unspecified atom stereocenters. The number of rotatable bonds is 7. The fraction of sp³-hybridized carbons (Fsp3) is 0.400. The molecule has 7 nitrogen and oxygen atoms in total. The fourth-order valence-corrected chi connectivity index (χ4v) is 3.34. The molecule has 0 bridgehead atoms. The maximum Gasteiger partial charge on any atom is 0.290 e. The van der Waals surface area contributed by atoms with Gasteiger partial charge in [0.05, 0.1) is 23.2 Å². The van der Waals surface area contributed by atoms with Crippen LogP contribution in [0.15, 0.2) is 45.0 Å². The Labute approximate surface area is 167 Å². The summed E-state index contributed by atoms with van der Waals surface area (Å²) >= 11 is 1.56. The van der Waals surface area contributed by atoms with Gasteiger partial charge < -0.3 is 9.84 Å². The first-order chi connectivity index (χ1) is 13.3. The smallest absolute Gasteiger partial charge is 0.290 e. The molecule has 3 heterocycles. The number of hydrogen-bond acceptors (Lipinski definition) is 6. The third kappa shape index (κ3) is 4.56. The molecule has 0 aliphatic rings. The van der Waals surface area contributed by atoms with Gasteiger partial charge in [-0.3, -0.25) is 9.59 Å². The van der Waals surface area contributed by atoms with Crippen molar-refractivity contribution in [3.05, 3.63) is 57.5 Å². The molecule has 28 heavy (non-hydrogen) atoms. The normalized spacial score (nSPS) is 12.5. The molecule has 8 heteroatoms. The molecule has 0 aromatic carbocycles. The Morgan fingerprint density at radius 2 is 2.04 bits per heavy atom. The topological polar surface area (TPSA) is 90.0 Å². The van der Waals surface area contributed by atoms with Gasteiger partial charge in [0.1, 0.15) is 5.69 Å². The third-order valence-electron chi connectivity index (χ3n) is 4.47. The van der Waals surface area contributed by atoms with Crippen molar-refractivity contribution in [2.75, 3.05) is 0 Å². The highest BCUT2D eigenvalue weighted by Crippen LogP contribution is 2.21. The Bertz CT molecular complexity index is 989. The van der Waals surface area contributed by atoms with E-state index < -0.39 is 0 Å². The molecule has 3 aromatic rings. The number of aromatic nitrogens is 3. The Morgan fingerprint density at radius 1 is 1.25 bits per heavy atom. The van der Waals surface area contributed by atoms with Crippen LogP contribution in [0.4, 0.5) is 0 Å². The average molecular weight is 401 g/mol. The Kier molecular flexibility index (Phi) is 6.08. The third-order valence-corrected chi connectivity index (χ3v) is 5.37. The molecule has 1 N–H and O–H groups in total. The molecule has 0 radical (unpaired) electrons. The van der Waals surface area contributed by atoms with Crippen LogP contribution in [0.2, 0.25) is 0 Å². The van der Waals surface area contributed by atoms with Crippen molar-refractivity contribution in [1.29, 1.82) is 0 Å². The van der Waals surface area contributed by atoms with Gasteiger partial charge in [0.15, 0.2) is 0 Å². The summed E-state index contributed by atoms with van der Waals surface area (Å²) < 4.78 is 6.57. The first kappa shape index (κ1) is 20.0. The number of nitrogens with one attached hydrogen (secondary N) is 1. The van der Waals surface area contributed by atoms with E-state index in [0.29, 0.717) is 0 Å². The van der Waals surface area contributed by atoms with E-state index >= 15 is 0 Å². The highest BCUT2D eigenvalue weighted by atomic mass is 32.1. The first-order valence-corrected chi connectivity index (χ1v) is 10.1. The molecular formula is C20H24N4O3S. The van der Waals surface area contributed by atoms with Gasteiger partial charge in [0.2, 0.25) is 5.76 Å². The largest absolute Gasteiger partial charge is 0.351 e. The van der Waals surface area contributed by atoms with E-state index in [4.69, 9.17) is 4.52 Å². The standard InChI is InChI=1S/C20H24N4O3S/c1-12(2)15-10-17(27-23-15)20(26)21-16(13(3)4)11-24-19(25)8-7-14(22-24)18-6-5-9-28-18/h5-10,12-13,16H,11H2,1-4H3,(H,21,26)/t16-/m1/s1. The molecule has 1 atom stereocenters. The minimum absolute atomic E-state index is 0.0931. The SMILES string of the molecule is CC(C)c1cc(C(=O)N[C@H](Cn2nc(-c3cccs3)ccc2=O)C(C)C)on1. The molecule has 3 aromatic heterocycles. The molecule has 0 spiro atoms. The lowest BCUT2D eigenvalue weighted by Gasteiger charge is -2.22. The van der Waals surface area contributed by atoms with Crippen molar-refractivity contribution in [1.82, 2.24) is 20.3 Å². The monoisotopic (exact) mass is 400 g/mol. The predicted octanol–water partition coefficient (Wildman–Crippen LogP) is 3.54. The quantitative estimate of drug-likeness (QED) is 0.655. The first-order valence-electron chi connectivity index (χ1n) is 9.24. The molecule has 0 aliphatic carbocycles. The minimum atomic E-state index is -0.347. The van der Waals surface area contributed by atoms with Gasteiger partial charge >= 0.3 is 0 Å². The highest BCUT2D eigenvalue weighted by Gasteiger charge is 2.22. The summed E-state index contributed by atoms with van der Waals surface area (Å²) in [5.74, 6) is 0.0899. The second kappa shape index (κ2) is 8.52. The van der Waals surface area contributed by atoms with Crippen LogP contribution in [0, 0.1) is 5.92 Å². The van der Waals surface area contributed by atoms with Gasteiger partial charge in [0, 0.05) is 12.1 Å². The van der Waals surface area contributed by atoms with Crippen molar-refractivity contribution >= 4 is 17.2 Å². The summed E-state index contributed by atoms with van der Waals surface area (Å²) in [5, 5.41) is 13.3. The van der Waals surface area contributed by atoms with E-state index in [0.717, 1.165) is 16.3 Å². The molecule has 0 aliphatic heterocycles. The summed E-state index contributed by atoms with van der Waals surface area (Å²) in [7, 11) is 0. The van der Waals surface area contributed by atoms with Crippen molar-refractivity contribution in [2.24, 2.45) is 5.92 Å². The van der Waals surface area contributed by atoms with Crippen molar-refractivity contribution in [3.63, 3.8) is 0 Å². The zero-order valence-corrected chi connectivity index (χ0v) is 17.2. The summed E-state index contributed by atoms with van der Waals surface area (Å²) in [6, 6.07) is 8.49. The zero-order chi connectivity index (χ0) is 20.3. The van der Waals surface area contributed by atoms with Gasteiger partial charge in [0.25, 0.3) is 11.5 Å². The molecule has 0 fully saturated rings. The van der Waals surface area contributed by atoms with Crippen molar-refractivity contribution < 1.29 is 9.32 Å². The molecule has 1 amide bonds. The van der Waals surface area contributed by atoms with E-state index in [-0.39, 0.29) is 41.6 Å². The van der Waals surface area contributed by atoms with Crippen molar-refractivity contribution in [2.45, 2.75) is 46.2 Å². The van der Waals surface area contributed by atoms with Gasteiger partial charge in [-0.05, 0) is 29.3 Å².